The van der Waals surface area contributed by atoms with Crippen LogP contribution >= 0.6 is 0 Å². The average Bonchev–Trinajstić information content (AvgIpc) is 2.26. The number of nitrogens with one attached hydrogen (secondary N) is 1. The normalized spacial score (nSPS) is 28.5. The van der Waals surface area contributed by atoms with E-state index < -0.39 is 6.04 Å². The molecule has 4 N–H and O–H groups in total. The fourth-order valence-electron chi connectivity index (χ4n) is 2.14. The van der Waals surface area contributed by atoms with Crippen molar-refractivity contribution in [3.05, 3.63) is 0 Å². The van der Waals surface area contributed by atoms with Crippen molar-refractivity contribution >= 4 is 5.91 Å². The van der Waals surface area contributed by atoms with Gasteiger partial charge in [0.15, 0.2) is 0 Å². The van der Waals surface area contributed by atoms with Crippen molar-refractivity contribution in [3.63, 3.8) is 0 Å². The lowest BCUT2D eigenvalue weighted by Crippen LogP contribution is -2.45. The quantitative estimate of drug-likeness (QED) is 0.628. The van der Waals surface area contributed by atoms with Crippen LogP contribution < -0.4 is 11.1 Å². The summed E-state index contributed by atoms with van der Waals surface area (Å²) in [6, 6.07) is -0.774. The molecule has 0 saturated heterocycles. The maximum Gasteiger partial charge on any atom is 0.239 e. The van der Waals surface area contributed by atoms with Crippen LogP contribution in [0.3, 0.4) is 0 Å². The molecule has 4 nitrogen and oxygen atoms in total. The van der Waals surface area contributed by atoms with E-state index in [9.17, 15) is 4.79 Å². The number of aliphatic hydroxyl groups excluding tert-OH is 1. The molecule has 0 aromatic heterocycles. The van der Waals surface area contributed by atoms with E-state index in [2.05, 4.69) is 12.2 Å². The second kappa shape index (κ2) is 6.08. The van der Waals surface area contributed by atoms with Gasteiger partial charge in [-0.25, -0.2) is 0 Å². The molecule has 1 saturated carbocycles. The Bertz CT molecular complexity index is 209. The SMILES string of the molecule is CC1CCCCC1CNC(=O)C(N)CO. The van der Waals surface area contributed by atoms with E-state index in [1.54, 1.807) is 0 Å². The van der Waals surface area contributed by atoms with Crippen molar-refractivity contribution in [1.82, 2.24) is 5.32 Å². The largest absolute Gasteiger partial charge is 0.394 e. The number of aliphatic hydroxyl groups is 1. The molecule has 0 heterocycles. The Hall–Kier alpha value is -0.610. The van der Waals surface area contributed by atoms with Gasteiger partial charge in [-0.3, -0.25) is 4.79 Å². The zero-order valence-electron chi connectivity index (χ0n) is 9.41. The number of rotatable bonds is 4. The van der Waals surface area contributed by atoms with Crippen LogP contribution in [0.1, 0.15) is 32.6 Å². The standard InChI is InChI=1S/C11H22N2O2/c1-8-4-2-3-5-9(8)6-13-11(15)10(12)7-14/h8-10,14H,2-7,12H2,1H3,(H,13,15). The van der Waals surface area contributed by atoms with Gasteiger partial charge in [0.05, 0.1) is 6.61 Å². The lowest BCUT2D eigenvalue weighted by Gasteiger charge is -2.29. The van der Waals surface area contributed by atoms with Gasteiger partial charge >= 0.3 is 0 Å². The second-order valence-corrected chi connectivity index (χ2v) is 4.56. The van der Waals surface area contributed by atoms with Crippen molar-refractivity contribution in [1.29, 1.82) is 0 Å². The third-order valence-electron chi connectivity index (χ3n) is 3.36. The van der Waals surface area contributed by atoms with Gasteiger partial charge in [-0.2, -0.15) is 0 Å². The molecule has 0 bridgehead atoms. The molecule has 3 atom stereocenters. The maximum atomic E-state index is 11.3. The van der Waals surface area contributed by atoms with Crippen molar-refractivity contribution in [2.45, 2.75) is 38.6 Å². The van der Waals surface area contributed by atoms with Crippen LogP contribution in [-0.4, -0.2) is 30.2 Å². The molecule has 0 aliphatic heterocycles. The van der Waals surface area contributed by atoms with E-state index in [1.807, 2.05) is 0 Å². The Morgan fingerprint density at radius 2 is 2.20 bits per heavy atom. The molecule has 1 fully saturated rings. The van der Waals surface area contributed by atoms with Crippen molar-refractivity contribution < 1.29 is 9.90 Å². The van der Waals surface area contributed by atoms with E-state index >= 15 is 0 Å². The first kappa shape index (κ1) is 12.5. The van der Waals surface area contributed by atoms with E-state index in [-0.39, 0.29) is 12.5 Å². The number of hydrogen-bond donors (Lipinski definition) is 3. The first-order valence-corrected chi connectivity index (χ1v) is 5.79. The van der Waals surface area contributed by atoms with Gasteiger partial charge in [-0.15, -0.1) is 0 Å². The highest BCUT2D eigenvalue weighted by molar-refractivity contribution is 5.81. The molecule has 0 spiro atoms. The van der Waals surface area contributed by atoms with E-state index in [4.69, 9.17) is 10.8 Å². The molecular weight excluding hydrogens is 192 g/mol. The van der Waals surface area contributed by atoms with Crippen LogP contribution in [0.25, 0.3) is 0 Å². The van der Waals surface area contributed by atoms with Crippen LogP contribution in [0.5, 0.6) is 0 Å². The Balaban J connectivity index is 2.26. The fourth-order valence-corrected chi connectivity index (χ4v) is 2.14. The van der Waals surface area contributed by atoms with Crippen LogP contribution in [0, 0.1) is 11.8 Å². The lowest BCUT2D eigenvalue weighted by molar-refractivity contribution is -0.123. The first-order chi connectivity index (χ1) is 7.15. The van der Waals surface area contributed by atoms with Crippen LogP contribution in [0.4, 0.5) is 0 Å². The molecule has 88 valence electrons. The predicted molar refractivity (Wildman–Crippen MR) is 59.2 cm³/mol. The number of carbonyl (C=O) groups excluding carboxylic acids is 1. The molecule has 1 amide bonds. The minimum Gasteiger partial charge on any atom is -0.394 e. The molecule has 15 heavy (non-hydrogen) atoms. The Labute approximate surface area is 91.2 Å². The Kier molecular flexibility index (Phi) is 5.05. The van der Waals surface area contributed by atoms with E-state index in [0.29, 0.717) is 18.4 Å². The smallest absolute Gasteiger partial charge is 0.239 e. The molecular formula is C11H22N2O2. The predicted octanol–water partition coefficient (Wildman–Crippen LogP) is 0.249. The van der Waals surface area contributed by atoms with E-state index in [1.165, 1.54) is 25.7 Å². The summed E-state index contributed by atoms with van der Waals surface area (Å²) in [7, 11) is 0. The van der Waals surface area contributed by atoms with Gasteiger partial charge in [0.1, 0.15) is 6.04 Å². The minimum absolute atomic E-state index is 0.240. The Morgan fingerprint density at radius 1 is 1.53 bits per heavy atom. The molecule has 1 aliphatic carbocycles. The summed E-state index contributed by atoms with van der Waals surface area (Å²) in [5, 5.41) is 11.5. The second-order valence-electron chi connectivity index (χ2n) is 4.56. The number of nitrogens with two attached hydrogens (primary N) is 1. The lowest BCUT2D eigenvalue weighted by atomic mass is 9.80. The van der Waals surface area contributed by atoms with Gasteiger partial charge < -0.3 is 16.2 Å². The summed E-state index contributed by atoms with van der Waals surface area (Å²) in [6.45, 7) is 2.65. The average molecular weight is 214 g/mol. The summed E-state index contributed by atoms with van der Waals surface area (Å²) < 4.78 is 0. The van der Waals surface area contributed by atoms with Crippen LogP contribution in [0.2, 0.25) is 0 Å². The number of carbonyl (C=O) groups is 1. The highest BCUT2D eigenvalue weighted by Gasteiger charge is 2.22. The molecule has 0 aromatic carbocycles. The third kappa shape index (κ3) is 3.80. The summed E-state index contributed by atoms with van der Waals surface area (Å²) in [4.78, 5) is 11.3. The third-order valence-corrected chi connectivity index (χ3v) is 3.36. The summed E-state index contributed by atoms with van der Waals surface area (Å²) in [5.41, 5.74) is 5.40. The zero-order valence-corrected chi connectivity index (χ0v) is 9.41. The van der Waals surface area contributed by atoms with Crippen LogP contribution in [0.15, 0.2) is 0 Å². The minimum atomic E-state index is -0.774. The maximum absolute atomic E-state index is 11.3. The van der Waals surface area contributed by atoms with E-state index in [0.717, 1.165) is 0 Å². The number of hydrogen-bond acceptors (Lipinski definition) is 3. The van der Waals surface area contributed by atoms with Gasteiger partial charge in [0.25, 0.3) is 0 Å². The zero-order chi connectivity index (χ0) is 11.3. The molecule has 1 rings (SSSR count). The van der Waals surface area contributed by atoms with Gasteiger partial charge in [-0.05, 0) is 18.3 Å². The highest BCUT2D eigenvalue weighted by Crippen LogP contribution is 2.28. The van der Waals surface area contributed by atoms with Crippen molar-refractivity contribution in [2.75, 3.05) is 13.2 Å². The summed E-state index contributed by atoms with van der Waals surface area (Å²) in [5.74, 6) is 1.02. The molecule has 0 aromatic rings. The summed E-state index contributed by atoms with van der Waals surface area (Å²) >= 11 is 0. The Morgan fingerprint density at radius 3 is 2.80 bits per heavy atom. The summed E-state index contributed by atoms with van der Waals surface area (Å²) in [6.07, 6.45) is 5.01. The van der Waals surface area contributed by atoms with Gasteiger partial charge in [0, 0.05) is 6.54 Å². The van der Waals surface area contributed by atoms with Crippen molar-refractivity contribution in [3.8, 4) is 0 Å². The topological polar surface area (TPSA) is 75.4 Å². The molecule has 1 aliphatic rings. The monoisotopic (exact) mass is 214 g/mol. The molecule has 3 unspecified atom stereocenters. The number of amides is 1. The highest BCUT2D eigenvalue weighted by atomic mass is 16.3. The van der Waals surface area contributed by atoms with Gasteiger partial charge in [-0.1, -0.05) is 26.2 Å². The molecule has 0 radical (unpaired) electrons. The fraction of sp³-hybridized carbons (Fsp3) is 0.909. The van der Waals surface area contributed by atoms with Crippen LogP contribution in [-0.2, 0) is 4.79 Å². The van der Waals surface area contributed by atoms with Crippen molar-refractivity contribution in [2.24, 2.45) is 17.6 Å². The molecule has 4 heteroatoms. The van der Waals surface area contributed by atoms with Gasteiger partial charge in [0.2, 0.25) is 5.91 Å². The first-order valence-electron chi connectivity index (χ1n) is 5.79.